The molecule has 0 atom stereocenters. The van der Waals surface area contributed by atoms with Gasteiger partial charge in [0.05, 0.1) is 42.7 Å². The quantitative estimate of drug-likeness (QED) is 0.137. The summed E-state index contributed by atoms with van der Waals surface area (Å²) in [6, 6.07) is 77.7. The fourth-order valence-corrected chi connectivity index (χ4v) is 10.1. The van der Waals surface area contributed by atoms with Crippen LogP contribution in [0.1, 0.15) is 0 Å². The minimum Gasteiger partial charge on any atom is -0.497 e. The Morgan fingerprint density at radius 3 is 1.57 bits per heavy atom. The van der Waals surface area contributed by atoms with E-state index in [2.05, 4.69) is 204 Å². The zero-order valence-electron chi connectivity index (χ0n) is 36.8. The lowest BCUT2D eigenvalue weighted by molar-refractivity contribution is 0.415. The third kappa shape index (κ3) is 7.13. The minimum atomic E-state index is 0.838. The average molecular weight is 883 g/mol. The van der Waals surface area contributed by atoms with Crippen molar-refractivity contribution >= 4 is 72.4 Å². The van der Waals surface area contributed by atoms with E-state index in [0.29, 0.717) is 0 Å². The van der Waals surface area contributed by atoms with Gasteiger partial charge in [0.25, 0.3) is 0 Å². The third-order valence-corrected chi connectivity index (χ3v) is 13.5. The molecular formula is C60H42N4O2S. The van der Waals surface area contributed by atoms with Crippen LogP contribution in [0.2, 0.25) is 0 Å². The normalized spacial score (nSPS) is 11.4. The lowest BCUT2D eigenvalue weighted by Crippen LogP contribution is -2.10. The molecule has 6 nitrogen and oxygen atoms in total. The number of nitrogens with zero attached hydrogens (tertiary/aromatic N) is 4. The second kappa shape index (κ2) is 16.8. The van der Waals surface area contributed by atoms with E-state index in [0.717, 1.165) is 89.7 Å². The van der Waals surface area contributed by atoms with Crippen molar-refractivity contribution in [2.24, 2.45) is 0 Å². The van der Waals surface area contributed by atoms with Crippen LogP contribution < -0.4 is 14.4 Å². The zero-order valence-corrected chi connectivity index (χ0v) is 37.6. The first kappa shape index (κ1) is 40.0. The highest BCUT2D eigenvalue weighted by Crippen LogP contribution is 2.43. The van der Waals surface area contributed by atoms with Gasteiger partial charge in [0.15, 0.2) is 0 Å². The first-order chi connectivity index (χ1) is 33.1. The average Bonchev–Trinajstić information content (AvgIpc) is 4.03. The van der Waals surface area contributed by atoms with Crippen molar-refractivity contribution in [1.29, 1.82) is 0 Å². The van der Waals surface area contributed by atoms with Crippen LogP contribution in [0.5, 0.6) is 11.5 Å². The number of ether oxygens (including phenoxy) is 2. The monoisotopic (exact) mass is 882 g/mol. The number of rotatable bonds is 10. The molecule has 0 radical (unpaired) electrons. The molecule has 0 fully saturated rings. The van der Waals surface area contributed by atoms with E-state index in [1.54, 1.807) is 14.2 Å². The van der Waals surface area contributed by atoms with Gasteiger partial charge < -0.3 is 18.9 Å². The van der Waals surface area contributed by atoms with E-state index in [9.17, 15) is 0 Å². The van der Waals surface area contributed by atoms with E-state index >= 15 is 0 Å². The lowest BCUT2D eigenvalue weighted by Gasteiger charge is -2.26. The Morgan fingerprint density at radius 1 is 0.403 bits per heavy atom. The summed E-state index contributed by atoms with van der Waals surface area (Å²) in [5.74, 6) is 1.68. The van der Waals surface area contributed by atoms with Crippen molar-refractivity contribution in [3.63, 3.8) is 0 Å². The Morgan fingerprint density at radius 2 is 0.925 bits per heavy atom. The van der Waals surface area contributed by atoms with Crippen LogP contribution in [0.25, 0.3) is 93.8 Å². The fraction of sp³-hybridized carbons (Fsp3) is 0.0333. The van der Waals surface area contributed by atoms with Crippen LogP contribution >= 0.6 is 11.7 Å². The molecule has 0 aliphatic rings. The molecule has 10 aromatic carbocycles. The molecule has 0 aliphatic heterocycles. The molecule has 7 heteroatoms. The molecule has 12 rings (SSSR count). The van der Waals surface area contributed by atoms with Crippen molar-refractivity contribution in [3.05, 3.63) is 218 Å². The summed E-state index contributed by atoms with van der Waals surface area (Å²) < 4.78 is 23.2. The Kier molecular flexibility index (Phi) is 10.0. The number of fused-ring (bicyclic) bond motifs is 5. The summed E-state index contributed by atoms with van der Waals surface area (Å²) in [7, 11) is 3.40. The van der Waals surface area contributed by atoms with Crippen molar-refractivity contribution in [1.82, 2.24) is 13.3 Å². The summed E-state index contributed by atoms with van der Waals surface area (Å²) in [6.07, 6.45) is 0. The van der Waals surface area contributed by atoms with Crippen LogP contribution in [-0.2, 0) is 0 Å². The molecule has 12 aromatic rings. The highest BCUT2D eigenvalue weighted by Gasteiger charge is 2.21. The third-order valence-electron chi connectivity index (χ3n) is 12.9. The van der Waals surface area contributed by atoms with E-state index in [1.807, 2.05) is 24.3 Å². The highest BCUT2D eigenvalue weighted by molar-refractivity contribution is 7.00. The Labute approximate surface area is 392 Å². The van der Waals surface area contributed by atoms with Crippen molar-refractivity contribution in [2.75, 3.05) is 19.1 Å². The molecule has 0 saturated heterocycles. The second-order valence-corrected chi connectivity index (χ2v) is 17.2. The molecular weight excluding hydrogens is 841 g/mol. The first-order valence-corrected chi connectivity index (χ1v) is 23.0. The molecule has 2 aromatic heterocycles. The van der Waals surface area contributed by atoms with Gasteiger partial charge in [-0.15, -0.1) is 0 Å². The molecule has 0 spiro atoms. The van der Waals surface area contributed by atoms with Gasteiger partial charge in [-0.25, -0.2) is 0 Å². The maximum atomic E-state index is 5.46. The molecule has 0 bridgehead atoms. The lowest BCUT2D eigenvalue weighted by atomic mass is 9.98. The molecule has 0 aliphatic carbocycles. The number of aromatic nitrogens is 3. The van der Waals surface area contributed by atoms with Gasteiger partial charge in [-0.2, -0.15) is 8.75 Å². The van der Waals surface area contributed by atoms with Gasteiger partial charge in [-0.3, -0.25) is 0 Å². The fourth-order valence-electron chi connectivity index (χ4n) is 9.56. The standard InChI is InChI=1S/C60H42N4O2S/c1-65-49-29-19-39(20-30-49)44-23-34-56-54(37-44)55-38-45(40-21-31-50(66-2)32-22-40)24-35-57(55)64(56)48-27-17-43(18-28-48)53-33-36-58(60-59(53)61-67-62-60)63(46-11-4-3-5-12-46)47-25-15-42(16-26-47)52-14-8-10-41-9-6-7-13-51(41)52/h3-38H,1-2H3. The van der Waals surface area contributed by atoms with Crippen LogP contribution in [0.4, 0.5) is 17.1 Å². The molecule has 0 amide bonds. The molecule has 0 unspecified atom stereocenters. The van der Waals surface area contributed by atoms with E-state index in [4.69, 9.17) is 18.2 Å². The first-order valence-electron chi connectivity index (χ1n) is 22.3. The van der Waals surface area contributed by atoms with Crippen LogP contribution in [0.15, 0.2) is 218 Å². The predicted molar refractivity (Wildman–Crippen MR) is 279 cm³/mol. The molecule has 2 heterocycles. The van der Waals surface area contributed by atoms with Gasteiger partial charge in [0, 0.05) is 33.4 Å². The number of methoxy groups -OCH3 is 2. The van der Waals surface area contributed by atoms with Gasteiger partial charge >= 0.3 is 0 Å². The topological polar surface area (TPSA) is 52.4 Å². The summed E-state index contributed by atoms with van der Waals surface area (Å²) in [6.45, 7) is 0. The largest absolute Gasteiger partial charge is 0.497 e. The summed E-state index contributed by atoms with van der Waals surface area (Å²) in [5, 5.41) is 4.83. The van der Waals surface area contributed by atoms with Gasteiger partial charge in [-0.1, -0.05) is 121 Å². The van der Waals surface area contributed by atoms with Crippen LogP contribution in [0, 0.1) is 0 Å². The molecule has 320 valence electrons. The maximum absolute atomic E-state index is 5.46. The SMILES string of the molecule is COc1ccc(-c2ccc3c(c2)c2cc(-c4ccc(OC)cc4)ccc2n3-c2ccc(-c3ccc(N(c4ccccc4)c4ccc(-c5cccc6ccccc56)cc4)c4nsnc34)cc2)cc1. The van der Waals surface area contributed by atoms with Crippen molar-refractivity contribution in [2.45, 2.75) is 0 Å². The number of hydrogen-bond acceptors (Lipinski definition) is 6. The Hall–Kier alpha value is -8.52. The number of hydrogen-bond donors (Lipinski definition) is 0. The zero-order chi connectivity index (χ0) is 44.8. The minimum absolute atomic E-state index is 0.838. The summed E-state index contributed by atoms with van der Waals surface area (Å²) in [4.78, 5) is 2.28. The highest BCUT2D eigenvalue weighted by atomic mass is 32.1. The van der Waals surface area contributed by atoms with Gasteiger partial charge in [0.2, 0.25) is 0 Å². The van der Waals surface area contributed by atoms with E-state index in [1.165, 1.54) is 44.4 Å². The molecule has 0 N–H and O–H groups in total. The number of anilines is 3. The Bertz CT molecular complexity index is 3640. The predicted octanol–water partition coefficient (Wildman–Crippen LogP) is 16.1. The van der Waals surface area contributed by atoms with E-state index in [-0.39, 0.29) is 0 Å². The summed E-state index contributed by atoms with van der Waals surface area (Å²) >= 11 is 1.25. The molecule has 0 saturated carbocycles. The van der Waals surface area contributed by atoms with Gasteiger partial charge in [-0.05, 0) is 147 Å². The smallest absolute Gasteiger partial charge is 0.129 e. The molecule has 67 heavy (non-hydrogen) atoms. The maximum Gasteiger partial charge on any atom is 0.129 e. The Balaban J connectivity index is 0.928. The van der Waals surface area contributed by atoms with Crippen LogP contribution in [0.3, 0.4) is 0 Å². The van der Waals surface area contributed by atoms with Crippen molar-refractivity contribution in [3.8, 4) is 61.7 Å². The number of benzene rings is 10. The van der Waals surface area contributed by atoms with Gasteiger partial charge in [0.1, 0.15) is 22.5 Å². The van der Waals surface area contributed by atoms with Crippen LogP contribution in [-0.4, -0.2) is 27.5 Å². The second-order valence-electron chi connectivity index (χ2n) is 16.6. The number of para-hydroxylation sites is 1. The van der Waals surface area contributed by atoms with E-state index < -0.39 is 0 Å². The van der Waals surface area contributed by atoms with Crippen molar-refractivity contribution < 1.29 is 9.47 Å². The summed E-state index contributed by atoms with van der Waals surface area (Å²) in [5.41, 5.74) is 17.2.